The van der Waals surface area contributed by atoms with Gasteiger partial charge in [0, 0.05) is 11.8 Å². The molecule has 100 valence electrons. The zero-order valence-corrected chi connectivity index (χ0v) is 12.0. The van der Waals surface area contributed by atoms with Crippen molar-refractivity contribution in [2.75, 3.05) is 6.61 Å². The van der Waals surface area contributed by atoms with E-state index in [1.807, 2.05) is 31.2 Å². The third-order valence-electron chi connectivity index (χ3n) is 2.71. The molecule has 1 aromatic carbocycles. The van der Waals surface area contributed by atoms with Gasteiger partial charge in [0.25, 0.3) is 0 Å². The number of pyridine rings is 1. The van der Waals surface area contributed by atoms with Crippen LogP contribution in [-0.4, -0.2) is 16.8 Å². The minimum atomic E-state index is -0.376. The number of fused-ring (bicyclic) bond motifs is 1. The highest BCUT2D eigenvalue weighted by Gasteiger charge is 2.07. The van der Waals surface area contributed by atoms with E-state index < -0.39 is 0 Å². The molecule has 0 aliphatic heterocycles. The van der Waals surface area contributed by atoms with Gasteiger partial charge in [0.15, 0.2) is 0 Å². The van der Waals surface area contributed by atoms with Gasteiger partial charge in [-0.3, -0.25) is 4.79 Å². The van der Waals surface area contributed by atoms with Crippen molar-refractivity contribution < 1.29 is 9.53 Å². The Morgan fingerprint density at radius 3 is 2.84 bits per heavy atom. The zero-order valence-electron chi connectivity index (χ0n) is 10.5. The van der Waals surface area contributed by atoms with Crippen LogP contribution in [0.2, 0.25) is 5.15 Å². The topological polar surface area (TPSA) is 39.2 Å². The summed E-state index contributed by atoms with van der Waals surface area (Å²) < 4.78 is 5.45. The van der Waals surface area contributed by atoms with Crippen LogP contribution in [0.3, 0.4) is 0 Å². The van der Waals surface area contributed by atoms with Crippen LogP contribution in [0.15, 0.2) is 24.3 Å². The largest absolute Gasteiger partial charge is 0.494 e. The van der Waals surface area contributed by atoms with Crippen LogP contribution in [0.1, 0.15) is 18.9 Å². The van der Waals surface area contributed by atoms with Gasteiger partial charge in [0.05, 0.1) is 12.1 Å². The lowest BCUT2D eigenvalue weighted by atomic mass is 10.1. The molecule has 2 rings (SSSR count). The number of hydrogen-bond acceptors (Lipinski definition) is 3. The lowest BCUT2D eigenvalue weighted by Gasteiger charge is -2.07. The van der Waals surface area contributed by atoms with Gasteiger partial charge in [0.1, 0.15) is 10.9 Å². The van der Waals surface area contributed by atoms with E-state index in [0.29, 0.717) is 18.2 Å². The smallest absolute Gasteiger partial charge is 0.221 e. The minimum absolute atomic E-state index is 0.250. The molecule has 0 aliphatic rings. The van der Waals surface area contributed by atoms with Gasteiger partial charge < -0.3 is 4.74 Å². The Kier molecular flexibility index (Phi) is 4.61. The Morgan fingerprint density at radius 2 is 2.16 bits per heavy atom. The Bertz CT molecular complexity index is 614. The molecule has 2 aromatic rings. The summed E-state index contributed by atoms with van der Waals surface area (Å²) in [7, 11) is 0. The summed E-state index contributed by atoms with van der Waals surface area (Å²) in [5.41, 5.74) is 1.62. The maximum atomic E-state index is 10.8. The van der Waals surface area contributed by atoms with Crippen LogP contribution in [0.4, 0.5) is 0 Å². The highest BCUT2D eigenvalue weighted by atomic mass is 35.5. The molecule has 0 radical (unpaired) electrons. The summed E-state index contributed by atoms with van der Waals surface area (Å²) in [5, 5.41) is 0.973. The first-order valence-electron chi connectivity index (χ1n) is 6.00. The van der Waals surface area contributed by atoms with Crippen LogP contribution < -0.4 is 4.74 Å². The number of benzene rings is 1. The maximum Gasteiger partial charge on any atom is 0.221 e. The molecule has 0 saturated heterocycles. The summed E-state index contributed by atoms with van der Waals surface area (Å²) in [6, 6.07) is 7.56. The molecular formula is C14H13Cl2NO2. The molecule has 0 unspecified atom stereocenters. The quantitative estimate of drug-likeness (QED) is 0.619. The summed E-state index contributed by atoms with van der Waals surface area (Å²) >= 11 is 11.4. The first kappa shape index (κ1) is 14.1. The molecule has 0 aliphatic carbocycles. The van der Waals surface area contributed by atoms with Crippen molar-refractivity contribution in [3.63, 3.8) is 0 Å². The van der Waals surface area contributed by atoms with Crippen molar-refractivity contribution >= 4 is 39.3 Å². The normalized spacial score (nSPS) is 10.7. The van der Waals surface area contributed by atoms with Gasteiger partial charge >= 0.3 is 0 Å². The Hall–Kier alpha value is -1.32. The number of aryl methyl sites for hydroxylation is 1. The molecule has 0 N–H and O–H groups in total. The summed E-state index contributed by atoms with van der Waals surface area (Å²) in [4.78, 5) is 15.1. The van der Waals surface area contributed by atoms with E-state index in [2.05, 4.69) is 4.98 Å². The van der Waals surface area contributed by atoms with Crippen molar-refractivity contribution in [1.82, 2.24) is 4.98 Å². The first-order chi connectivity index (χ1) is 9.10. The van der Waals surface area contributed by atoms with Crippen LogP contribution in [0.5, 0.6) is 5.75 Å². The fourth-order valence-electron chi connectivity index (χ4n) is 1.84. The van der Waals surface area contributed by atoms with E-state index in [1.54, 1.807) is 0 Å². The SMILES string of the molecule is CCOc1ccc2nc(Cl)c(CCC(=O)Cl)cc2c1. The number of carbonyl (C=O) groups is 1. The molecule has 3 nitrogen and oxygen atoms in total. The predicted octanol–water partition coefficient (Wildman–Crippen LogP) is 3.98. The molecule has 0 saturated carbocycles. The number of rotatable bonds is 5. The summed E-state index contributed by atoms with van der Waals surface area (Å²) in [6.07, 6.45) is 0.739. The minimum Gasteiger partial charge on any atom is -0.494 e. The van der Waals surface area contributed by atoms with Crippen molar-refractivity contribution in [1.29, 1.82) is 0 Å². The van der Waals surface area contributed by atoms with E-state index in [4.69, 9.17) is 27.9 Å². The number of halogens is 2. The van der Waals surface area contributed by atoms with Crippen LogP contribution in [-0.2, 0) is 11.2 Å². The number of carbonyl (C=O) groups excluding carboxylic acids is 1. The monoisotopic (exact) mass is 297 g/mol. The number of aromatic nitrogens is 1. The molecule has 0 bridgehead atoms. The third kappa shape index (κ3) is 3.58. The van der Waals surface area contributed by atoms with Gasteiger partial charge in [-0.2, -0.15) is 0 Å². The van der Waals surface area contributed by atoms with Crippen molar-refractivity contribution in [3.05, 3.63) is 35.0 Å². The van der Waals surface area contributed by atoms with Gasteiger partial charge in [-0.15, -0.1) is 0 Å². The average Bonchev–Trinajstić information content (AvgIpc) is 2.37. The lowest BCUT2D eigenvalue weighted by molar-refractivity contribution is -0.111. The standard InChI is InChI=1S/C14H13Cl2NO2/c1-2-19-11-4-5-12-10(8-11)7-9(14(16)17-12)3-6-13(15)18/h4-5,7-8H,2-3,6H2,1H3. The molecule has 0 atom stereocenters. The van der Waals surface area contributed by atoms with Crippen molar-refractivity contribution in [2.45, 2.75) is 19.8 Å². The second kappa shape index (κ2) is 6.22. The van der Waals surface area contributed by atoms with E-state index in [0.717, 1.165) is 22.2 Å². The zero-order chi connectivity index (χ0) is 13.8. The predicted molar refractivity (Wildman–Crippen MR) is 77.1 cm³/mol. The second-order valence-electron chi connectivity index (χ2n) is 4.08. The van der Waals surface area contributed by atoms with Crippen LogP contribution in [0, 0.1) is 0 Å². The van der Waals surface area contributed by atoms with E-state index >= 15 is 0 Å². The highest BCUT2D eigenvalue weighted by molar-refractivity contribution is 6.63. The number of ether oxygens (including phenoxy) is 1. The molecule has 0 spiro atoms. The summed E-state index contributed by atoms with van der Waals surface area (Å²) in [5.74, 6) is 0.790. The number of hydrogen-bond donors (Lipinski definition) is 0. The molecule has 0 amide bonds. The first-order valence-corrected chi connectivity index (χ1v) is 6.76. The highest BCUT2D eigenvalue weighted by Crippen LogP contribution is 2.25. The molecule has 1 aromatic heterocycles. The molecule has 5 heteroatoms. The lowest BCUT2D eigenvalue weighted by Crippen LogP contribution is -1.96. The van der Waals surface area contributed by atoms with Crippen molar-refractivity contribution in [2.24, 2.45) is 0 Å². The molecular weight excluding hydrogens is 285 g/mol. The average molecular weight is 298 g/mol. The fourth-order valence-corrected chi connectivity index (χ4v) is 2.17. The third-order valence-corrected chi connectivity index (χ3v) is 3.23. The maximum absolute atomic E-state index is 10.8. The number of nitrogens with zero attached hydrogens (tertiary/aromatic N) is 1. The van der Waals surface area contributed by atoms with Crippen molar-refractivity contribution in [3.8, 4) is 5.75 Å². The molecule has 0 fully saturated rings. The second-order valence-corrected chi connectivity index (χ2v) is 4.86. The van der Waals surface area contributed by atoms with Gasteiger partial charge in [0.2, 0.25) is 5.24 Å². The molecule has 19 heavy (non-hydrogen) atoms. The van der Waals surface area contributed by atoms with Crippen LogP contribution in [0.25, 0.3) is 10.9 Å². The van der Waals surface area contributed by atoms with E-state index in [9.17, 15) is 4.79 Å². The van der Waals surface area contributed by atoms with Crippen LogP contribution >= 0.6 is 23.2 Å². The summed E-state index contributed by atoms with van der Waals surface area (Å²) in [6.45, 7) is 2.54. The van der Waals surface area contributed by atoms with Gasteiger partial charge in [-0.25, -0.2) is 4.98 Å². The van der Waals surface area contributed by atoms with Gasteiger partial charge in [-0.05, 0) is 54.8 Å². The molecule has 1 heterocycles. The van der Waals surface area contributed by atoms with Gasteiger partial charge in [-0.1, -0.05) is 11.6 Å². The van der Waals surface area contributed by atoms with E-state index in [1.165, 1.54) is 0 Å². The Balaban J connectivity index is 2.37. The van der Waals surface area contributed by atoms with E-state index in [-0.39, 0.29) is 11.7 Å². The Morgan fingerprint density at radius 1 is 1.37 bits per heavy atom. The fraction of sp³-hybridized carbons (Fsp3) is 0.286. The Labute approximate surface area is 121 Å².